The molecule has 7 heteroatoms. The van der Waals surface area contributed by atoms with Crippen molar-refractivity contribution in [2.75, 3.05) is 39.1 Å². The molecule has 0 spiro atoms. The molecular formula is C20H27N3O2S2. The molecule has 1 aromatic carbocycles. The van der Waals surface area contributed by atoms with Crippen LogP contribution in [0.25, 0.3) is 0 Å². The maximum absolute atomic E-state index is 11.8. The minimum atomic E-state index is -0.311. The highest BCUT2D eigenvalue weighted by Gasteiger charge is 2.12. The Kier molecular flexibility index (Phi) is 8.71. The molecule has 1 N–H and O–H groups in total. The van der Waals surface area contributed by atoms with Gasteiger partial charge in [0.1, 0.15) is 0 Å². The molecule has 1 aromatic heterocycles. The van der Waals surface area contributed by atoms with Crippen LogP contribution in [0, 0.1) is 0 Å². The largest absolute Gasteiger partial charge is 0.462 e. The van der Waals surface area contributed by atoms with Crippen LogP contribution in [0.2, 0.25) is 0 Å². The summed E-state index contributed by atoms with van der Waals surface area (Å²) in [5, 5.41) is 6.05. The van der Waals surface area contributed by atoms with E-state index >= 15 is 0 Å². The Balaban J connectivity index is 1.99. The lowest BCUT2D eigenvalue weighted by molar-refractivity contribution is 0.0526. The Morgan fingerprint density at radius 3 is 2.52 bits per heavy atom. The average molecular weight is 406 g/mol. The first-order valence-corrected chi connectivity index (χ1v) is 10.3. The van der Waals surface area contributed by atoms with Crippen LogP contribution in [-0.4, -0.2) is 54.7 Å². The van der Waals surface area contributed by atoms with E-state index in [1.165, 1.54) is 4.88 Å². The quantitative estimate of drug-likeness (QED) is 0.501. The first-order chi connectivity index (χ1) is 13.0. The molecule has 0 radical (unpaired) electrons. The van der Waals surface area contributed by atoms with E-state index in [-0.39, 0.29) is 5.97 Å². The molecule has 0 saturated heterocycles. The van der Waals surface area contributed by atoms with E-state index in [4.69, 9.17) is 17.0 Å². The summed E-state index contributed by atoms with van der Waals surface area (Å²) in [6, 6.07) is 11.4. The number of nitrogens with one attached hydrogen (secondary N) is 1. The fourth-order valence-electron chi connectivity index (χ4n) is 2.53. The molecule has 0 saturated carbocycles. The van der Waals surface area contributed by atoms with Crippen LogP contribution in [0.4, 0.5) is 5.69 Å². The summed E-state index contributed by atoms with van der Waals surface area (Å²) in [5.74, 6) is -0.311. The van der Waals surface area contributed by atoms with Crippen LogP contribution in [0.1, 0.15) is 28.6 Å². The van der Waals surface area contributed by atoms with Gasteiger partial charge in [-0.05, 0) is 81.9 Å². The molecule has 2 rings (SSSR count). The van der Waals surface area contributed by atoms with Crippen molar-refractivity contribution < 1.29 is 9.53 Å². The summed E-state index contributed by atoms with van der Waals surface area (Å²) < 4.78 is 5.01. The predicted octanol–water partition coefficient (Wildman–Crippen LogP) is 4.08. The summed E-state index contributed by atoms with van der Waals surface area (Å²) in [4.78, 5) is 17.4. The van der Waals surface area contributed by atoms with E-state index in [1.807, 2.05) is 12.1 Å². The molecule has 0 unspecified atom stereocenters. The number of thiophene rings is 1. The molecule has 5 nitrogen and oxygen atoms in total. The van der Waals surface area contributed by atoms with Gasteiger partial charge in [-0.2, -0.15) is 0 Å². The Morgan fingerprint density at radius 1 is 1.19 bits per heavy atom. The van der Waals surface area contributed by atoms with Gasteiger partial charge < -0.3 is 19.9 Å². The zero-order chi connectivity index (χ0) is 19.6. The van der Waals surface area contributed by atoms with Gasteiger partial charge in [-0.25, -0.2) is 4.79 Å². The Labute approximate surface area is 170 Å². The standard InChI is InChI=1S/C20H27N3O2S2/c1-4-25-19(24)16-8-10-17(11-9-16)21-20(26)23(13-6-12-22(2)3)15-18-7-5-14-27-18/h5,7-11,14H,4,6,12-13,15H2,1-3H3,(H,21,26). The molecule has 0 aliphatic carbocycles. The number of carbonyl (C=O) groups excluding carboxylic acids is 1. The normalized spacial score (nSPS) is 10.7. The van der Waals surface area contributed by atoms with E-state index in [0.29, 0.717) is 17.3 Å². The number of hydrogen-bond donors (Lipinski definition) is 1. The van der Waals surface area contributed by atoms with Crippen LogP contribution in [0.15, 0.2) is 41.8 Å². The van der Waals surface area contributed by atoms with Crippen LogP contribution in [0.5, 0.6) is 0 Å². The maximum Gasteiger partial charge on any atom is 0.338 e. The van der Waals surface area contributed by atoms with Gasteiger partial charge in [-0.3, -0.25) is 0 Å². The third kappa shape index (κ3) is 7.28. The van der Waals surface area contributed by atoms with Gasteiger partial charge in [0.05, 0.1) is 18.7 Å². The molecule has 0 bridgehead atoms. The Hall–Kier alpha value is -1.96. The molecular weight excluding hydrogens is 378 g/mol. The molecule has 0 atom stereocenters. The van der Waals surface area contributed by atoms with E-state index in [9.17, 15) is 4.79 Å². The lowest BCUT2D eigenvalue weighted by atomic mass is 10.2. The molecule has 146 valence electrons. The van der Waals surface area contributed by atoms with Gasteiger partial charge in [0, 0.05) is 17.1 Å². The summed E-state index contributed by atoms with van der Waals surface area (Å²) in [7, 11) is 4.15. The van der Waals surface area contributed by atoms with Gasteiger partial charge >= 0.3 is 5.97 Å². The monoisotopic (exact) mass is 405 g/mol. The SMILES string of the molecule is CCOC(=O)c1ccc(NC(=S)N(CCCN(C)C)Cc2cccs2)cc1. The van der Waals surface area contributed by atoms with Crippen molar-refractivity contribution in [3.8, 4) is 0 Å². The Bertz CT molecular complexity index is 715. The number of thiocarbonyl (C=S) groups is 1. The van der Waals surface area contributed by atoms with Gasteiger partial charge in [0.2, 0.25) is 0 Å². The highest BCUT2D eigenvalue weighted by molar-refractivity contribution is 7.80. The van der Waals surface area contributed by atoms with Gasteiger partial charge in [0.15, 0.2) is 5.11 Å². The summed E-state index contributed by atoms with van der Waals surface area (Å²) in [6.45, 7) is 4.84. The van der Waals surface area contributed by atoms with Crippen LogP contribution in [0.3, 0.4) is 0 Å². The molecule has 0 amide bonds. The fourth-order valence-corrected chi connectivity index (χ4v) is 3.52. The minimum Gasteiger partial charge on any atom is -0.462 e. The smallest absolute Gasteiger partial charge is 0.338 e. The lowest BCUT2D eigenvalue weighted by Crippen LogP contribution is -2.36. The zero-order valence-electron chi connectivity index (χ0n) is 16.1. The average Bonchev–Trinajstić information content (AvgIpc) is 3.14. The van der Waals surface area contributed by atoms with Gasteiger partial charge in [-0.1, -0.05) is 6.07 Å². The summed E-state index contributed by atoms with van der Waals surface area (Å²) in [5.41, 5.74) is 1.39. The minimum absolute atomic E-state index is 0.311. The molecule has 2 aromatic rings. The van der Waals surface area contributed by atoms with E-state index in [0.717, 1.165) is 31.7 Å². The van der Waals surface area contributed by atoms with Crippen LogP contribution >= 0.6 is 23.6 Å². The van der Waals surface area contributed by atoms with Crippen molar-refractivity contribution in [3.63, 3.8) is 0 Å². The maximum atomic E-state index is 11.8. The van der Waals surface area contributed by atoms with Crippen molar-refractivity contribution in [2.45, 2.75) is 19.9 Å². The zero-order valence-corrected chi connectivity index (χ0v) is 17.7. The van der Waals surface area contributed by atoms with Crippen molar-refractivity contribution in [1.82, 2.24) is 9.80 Å². The summed E-state index contributed by atoms with van der Waals surface area (Å²) >= 11 is 7.38. The molecule has 0 fully saturated rings. The lowest BCUT2D eigenvalue weighted by Gasteiger charge is -2.26. The fraction of sp³-hybridized carbons (Fsp3) is 0.400. The van der Waals surface area contributed by atoms with Crippen molar-refractivity contribution >= 4 is 40.3 Å². The number of anilines is 1. The highest BCUT2D eigenvalue weighted by atomic mass is 32.1. The van der Waals surface area contributed by atoms with E-state index < -0.39 is 0 Å². The topological polar surface area (TPSA) is 44.8 Å². The number of carbonyl (C=O) groups is 1. The number of rotatable bonds is 9. The summed E-state index contributed by atoms with van der Waals surface area (Å²) in [6.07, 6.45) is 1.03. The van der Waals surface area contributed by atoms with Crippen molar-refractivity contribution in [2.24, 2.45) is 0 Å². The molecule has 0 aliphatic rings. The number of hydrogen-bond acceptors (Lipinski definition) is 5. The molecule has 1 heterocycles. The number of ether oxygens (including phenoxy) is 1. The van der Waals surface area contributed by atoms with Gasteiger partial charge in [0.25, 0.3) is 0 Å². The predicted molar refractivity (Wildman–Crippen MR) is 117 cm³/mol. The molecule has 27 heavy (non-hydrogen) atoms. The number of esters is 1. The third-order valence-corrected chi connectivity index (χ3v) is 5.12. The van der Waals surface area contributed by atoms with Gasteiger partial charge in [-0.15, -0.1) is 11.3 Å². The second kappa shape index (κ2) is 11.0. The van der Waals surface area contributed by atoms with E-state index in [1.54, 1.807) is 30.4 Å². The number of benzene rings is 1. The number of nitrogens with zero attached hydrogens (tertiary/aromatic N) is 2. The van der Waals surface area contributed by atoms with Crippen LogP contribution < -0.4 is 5.32 Å². The first-order valence-electron chi connectivity index (χ1n) is 8.99. The molecule has 0 aliphatic heterocycles. The second-order valence-electron chi connectivity index (χ2n) is 6.39. The third-order valence-electron chi connectivity index (χ3n) is 3.89. The van der Waals surface area contributed by atoms with Crippen molar-refractivity contribution in [1.29, 1.82) is 0 Å². The van der Waals surface area contributed by atoms with Crippen molar-refractivity contribution in [3.05, 3.63) is 52.2 Å². The first kappa shape index (κ1) is 21.3. The van der Waals surface area contributed by atoms with E-state index in [2.05, 4.69) is 46.7 Å². The van der Waals surface area contributed by atoms with Crippen LogP contribution in [-0.2, 0) is 11.3 Å². The highest BCUT2D eigenvalue weighted by Crippen LogP contribution is 2.15. The Morgan fingerprint density at radius 2 is 1.93 bits per heavy atom. The second-order valence-corrected chi connectivity index (χ2v) is 7.80.